The van der Waals surface area contributed by atoms with Crippen molar-refractivity contribution in [2.45, 2.75) is 18.2 Å². The van der Waals surface area contributed by atoms with Crippen LogP contribution in [0, 0.1) is 0 Å². The molecular weight excluding hydrogens is 256 g/mol. The lowest BCUT2D eigenvalue weighted by Crippen LogP contribution is -2.24. The lowest BCUT2D eigenvalue weighted by molar-refractivity contribution is 0.0953. The van der Waals surface area contributed by atoms with E-state index in [1.807, 2.05) is 6.92 Å². The third-order valence-electron chi connectivity index (χ3n) is 2.27. The number of carbonyl (C=O) groups excluding carboxylic acids is 1. The van der Waals surface area contributed by atoms with Crippen LogP contribution in [0.2, 0.25) is 0 Å². The fourth-order valence-corrected chi connectivity index (χ4v) is 2.10. The van der Waals surface area contributed by atoms with Crippen LogP contribution in [0.4, 0.5) is 0 Å². The number of nitrogens with one attached hydrogen (secondary N) is 1. The molecule has 6 nitrogen and oxygen atoms in total. The predicted molar refractivity (Wildman–Crippen MR) is 67.0 cm³/mol. The maximum atomic E-state index is 11.7. The Morgan fingerprint density at radius 2 is 2.11 bits per heavy atom. The van der Waals surface area contributed by atoms with E-state index in [1.54, 1.807) is 0 Å². The molecule has 1 aromatic carbocycles. The number of primary sulfonamides is 1. The second-order valence-corrected chi connectivity index (χ2v) is 5.20. The van der Waals surface area contributed by atoms with Crippen LogP contribution in [0.15, 0.2) is 23.1 Å². The van der Waals surface area contributed by atoms with E-state index in [0.717, 1.165) is 6.42 Å². The summed E-state index contributed by atoms with van der Waals surface area (Å²) in [5.74, 6) is -0.228. The Morgan fingerprint density at radius 3 is 2.61 bits per heavy atom. The topological polar surface area (TPSA) is 98.5 Å². The van der Waals surface area contributed by atoms with Gasteiger partial charge in [-0.05, 0) is 24.6 Å². The molecule has 0 saturated carbocycles. The molecule has 0 fully saturated rings. The number of hydrogen-bond donors (Lipinski definition) is 2. The van der Waals surface area contributed by atoms with Crippen LogP contribution in [-0.4, -0.2) is 28.0 Å². The number of hydrogen-bond acceptors (Lipinski definition) is 4. The number of methoxy groups -OCH3 is 1. The van der Waals surface area contributed by atoms with Gasteiger partial charge in [0, 0.05) is 12.1 Å². The second-order valence-electron chi connectivity index (χ2n) is 3.67. The number of sulfonamides is 1. The first-order valence-electron chi connectivity index (χ1n) is 5.39. The first-order chi connectivity index (χ1) is 8.40. The van der Waals surface area contributed by atoms with Gasteiger partial charge in [-0.15, -0.1) is 0 Å². The van der Waals surface area contributed by atoms with Crippen LogP contribution in [0.3, 0.4) is 0 Å². The Balaban J connectivity index is 3.15. The Morgan fingerprint density at radius 1 is 1.44 bits per heavy atom. The Hall–Kier alpha value is -1.60. The molecule has 0 saturated heterocycles. The SMILES string of the molecule is CCCNC(=O)c1ccc(OC)c(S(N)(=O)=O)c1. The molecule has 1 rings (SSSR count). The average molecular weight is 272 g/mol. The van der Waals surface area contributed by atoms with Crippen LogP contribution in [0.1, 0.15) is 23.7 Å². The zero-order valence-electron chi connectivity index (χ0n) is 10.3. The lowest BCUT2D eigenvalue weighted by Gasteiger charge is -2.09. The van der Waals surface area contributed by atoms with Gasteiger partial charge in [0.25, 0.3) is 5.91 Å². The Kier molecular flexibility index (Phi) is 4.69. The van der Waals surface area contributed by atoms with Gasteiger partial charge in [0.05, 0.1) is 7.11 Å². The molecular formula is C11H16N2O4S. The summed E-state index contributed by atoms with van der Waals surface area (Å²) in [4.78, 5) is 11.5. The molecule has 0 spiro atoms. The van der Waals surface area contributed by atoms with E-state index in [2.05, 4.69) is 5.32 Å². The first-order valence-corrected chi connectivity index (χ1v) is 6.93. The molecule has 0 aliphatic carbocycles. The lowest BCUT2D eigenvalue weighted by atomic mass is 10.2. The van der Waals surface area contributed by atoms with Gasteiger partial charge in [-0.1, -0.05) is 6.92 Å². The summed E-state index contributed by atoms with van der Waals surface area (Å²) < 4.78 is 27.6. The van der Waals surface area contributed by atoms with Gasteiger partial charge in [-0.3, -0.25) is 4.79 Å². The molecule has 0 aliphatic rings. The van der Waals surface area contributed by atoms with Gasteiger partial charge < -0.3 is 10.1 Å². The van der Waals surface area contributed by atoms with Crippen LogP contribution in [0.25, 0.3) is 0 Å². The third kappa shape index (κ3) is 3.44. The summed E-state index contributed by atoms with van der Waals surface area (Å²) in [5, 5.41) is 7.71. The smallest absolute Gasteiger partial charge is 0.251 e. The molecule has 0 heterocycles. The van der Waals surface area contributed by atoms with Crippen molar-refractivity contribution in [3.63, 3.8) is 0 Å². The van der Waals surface area contributed by atoms with E-state index >= 15 is 0 Å². The van der Waals surface area contributed by atoms with Crippen LogP contribution >= 0.6 is 0 Å². The summed E-state index contributed by atoms with van der Waals surface area (Å²) >= 11 is 0. The fourth-order valence-electron chi connectivity index (χ4n) is 1.38. The van der Waals surface area contributed by atoms with Crippen molar-refractivity contribution >= 4 is 15.9 Å². The highest BCUT2D eigenvalue weighted by molar-refractivity contribution is 7.89. The molecule has 18 heavy (non-hydrogen) atoms. The molecule has 1 amide bonds. The fraction of sp³-hybridized carbons (Fsp3) is 0.364. The van der Waals surface area contributed by atoms with E-state index in [1.165, 1.54) is 25.3 Å². The minimum atomic E-state index is -3.93. The number of rotatable bonds is 5. The van der Waals surface area contributed by atoms with Crippen molar-refractivity contribution in [2.75, 3.05) is 13.7 Å². The van der Waals surface area contributed by atoms with Gasteiger partial charge >= 0.3 is 0 Å². The van der Waals surface area contributed by atoms with E-state index in [0.29, 0.717) is 6.54 Å². The minimum absolute atomic E-state index is 0.115. The number of ether oxygens (including phenoxy) is 1. The largest absolute Gasteiger partial charge is 0.495 e. The van der Waals surface area contributed by atoms with Crippen molar-refractivity contribution in [2.24, 2.45) is 5.14 Å². The number of carbonyl (C=O) groups is 1. The van der Waals surface area contributed by atoms with Crippen LogP contribution in [-0.2, 0) is 10.0 Å². The third-order valence-corrected chi connectivity index (χ3v) is 3.20. The number of benzene rings is 1. The average Bonchev–Trinajstić information content (AvgIpc) is 2.34. The number of nitrogens with two attached hydrogens (primary N) is 1. The molecule has 0 radical (unpaired) electrons. The van der Waals surface area contributed by atoms with Gasteiger partial charge in [0.15, 0.2) is 0 Å². The summed E-state index contributed by atoms with van der Waals surface area (Å²) in [6.45, 7) is 2.44. The Bertz CT molecular complexity index is 540. The molecule has 0 unspecified atom stereocenters. The highest BCUT2D eigenvalue weighted by Crippen LogP contribution is 2.23. The number of amides is 1. The van der Waals surface area contributed by atoms with Crippen molar-refractivity contribution in [1.29, 1.82) is 0 Å². The van der Waals surface area contributed by atoms with Gasteiger partial charge in [0.1, 0.15) is 10.6 Å². The quantitative estimate of drug-likeness (QED) is 0.814. The second kappa shape index (κ2) is 5.83. The highest BCUT2D eigenvalue weighted by Gasteiger charge is 2.17. The van der Waals surface area contributed by atoms with Gasteiger partial charge in [-0.2, -0.15) is 0 Å². The molecule has 0 atom stereocenters. The highest BCUT2D eigenvalue weighted by atomic mass is 32.2. The van der Waals surface area contributed by atoms with Crippen LogP contribution < -0.4 is 15.2 Å². The van der Waals surface area contributed by atoms with Crippen molar-refractivity contribution in [1.82, 2.24) is 5.32 Å². The van der Waals surface area contributed by atoms with Gasteiger partial charge in [0.2, 0.25) is 10.0 Å². The zero-order valence-corrected chi connectivity index (χ0v) is 11.1. The minimum Gasteiger partial charge on any atom is -0.495 e. The summed E-state index contributed by atoms with van der Waals surface area (Å²) in [7, 11) is -2.59. The van der Waals surface area contributed by atoms with Crippen LogP contribution in [0.5, 0.6) is 5.75 Å². The van der Waals surface area contributed by atoms with Crippen molar-refractivity contribution < 1.29 is 17.9 Å². The molecule has 0 aromatic heterocycles. The molecule has 0 aliphatic heterocycles. The van der Waals surface area contributed by atoms with E-state index < -0.39 is 10.0 Å². The molecule has 100 valence electrons. The summed E-state index contributed by atoms with van der Waals surface area (Å²) in [5.41, 5.74) is 0.230. The van der Waals surface area contributed by atoms with Gasteiger partial charge in [-0.25, -0.2) is 13.6 Å². The van der Waals surface area contributed by atoms with E-state index in [4.69, 9.17) is 9.88 Å². The summed E-state index contributed by atoms with van der Waals surface area (Å²) in [6.07, 6.45) is 0.796. The van der Waals surface area contributed by atoms with E-state index in [9.17, 15) is 13.2 Å². The first kappa shape index (κ1) is 14.5. The molecule has 0 bridgehead atoms. The maximum Gasteiger partial charge on any atom is 0.251 e. The molecule has 3 N–H and O–H groups in total. The predicted octanol–water partition coefficient (Wildman–Crippen LogP) is 0.482. The van der Waals surface area contributed by atoms with Crippen molar-refractivity contribution in [3.05, 3.63) is 23.8 Å². The standard InChI is InChI=1S/C11H16N2O4S/c1-3-6-13-11(14)8-4-5-9(17-2)10(7-8)18(12,15)16/h4-5,7H,3,6H2,1-2H3,(H,13,14)(H2,12,15,16). The molecule has 1 aromatic rings. The monoisotopic (exact) mass is 272 g/mol. The van der Waals surface area contributed by atoms with Crippen molar-refractivity contribution in [3.8, 4) is 5.75 Å². The van der Waals surface area contributed by atoms with E-state index in [-0.39, 0.29) is 22.1 Å². The summed E-state index contributed by atoms with van der Waals surface area (Å²) in [6, 6.07) is 4.10. The normalized spacial score (nSPS) is 11.1. The Labute approximate surface area is 106 Å². The zero-order chi connectivity index (χ0) is 13.8. The molecule has 7 heteroatoms. The maximum absolute atomic E-state index is 11.7.